The second-order valence-electron chi connectivity index (χ2n) is 15.0. The second-order valence-corrected chi connectivity index (χ2v) is 15.0. The zero-order valence-corrected chi connectivity index (χ0v) is 31.7. The molecule has 4 aromatic heterocycles. The van der Waals surface area contributed by atoms with Crippen molar-refractivity contribution in [1.29, 1.82) is 0 Å². The van der Waals surface area contributed by atoms with Gasteiger partial charge in [0.15, 0.2) is 5.65 Å². The highest BCUT2D eigenvalue weighted by molar-refractivity contribution is 6.13. The molecule has 0 saturated carbocycles. The Morgan fingerprint density at radius 3 is 1.47 bits per heavy atom. The highest BCUT2D eigenvalue weighted by Gasteiger charge is 2.20. The number of benzene rings is 8. The SMILES string of the molecule is O=c1c2ccccc2c2cnc(-n3c4ccccc4c4cc(-c5ccc6c(c5)c5ccccc5n6-c5ccccc5)ccc43)nc2n1-c1ccc(-c2ccccc2)cc1. The van der Waals surface area contributed by atoms with Crippen LogP contribution in [0.25, 0.3) is 105 Å². The summed E-state index contributed by atoms with van der Waals surface area (Å²) in [5, 5.41) is 6.88. The molecule has 6 heteroatoms. The van der Waals surface area contributed by atoms with Gasteiger partial charge < -0.3 is 4.57 Å². The fraction of sp³-hybridized carbons (Fsp3) is 0. The van der Waals surface area contributed by atoms with Crippen LogP contribution in [0.5, 0.6) is 0 Å². The molecule has 276 valence electrons. The molecule has 0 atom stereocenters. The summed E-state index contributed by atoms with van der Waals surface area (Å²) in [7, 11) is 0. The quantitative estimate of drug-likeness (QED) is 0.164. The molecule has 12 rings (SSSR count). The highest BCUT2D eigenvalue weighted by Crippen LogP contribution is 2.38. The van der Waals surface area contributed by atoms with Crippen LogP contribution in [-0.4, -0.2) is 23.7 Å². The van der Waals surface area contributed by atoms with Crippen LogP contribution in [0.15, 0.2) is 205 Å². The third-order valence-electron chi connectivity index (χ3n) is 11.7. The minimum Gasteiger partial charge on any atom is -0.309 e. The standard InChI is InChI=1S/C53H33N5O/c59-52-43-20-8-7-17-40(43)46-33-54-53(55-51(46)57(52)39-27-23-35(24-28-39)34-13-3-1-4-14-34)58-48-22-12-10-19-42(48)45-32-37(26-30-50(45)58)36-25-29-49-44(31-36)41-18-9-11-21-47(41)56(49)38-15-5-2-6-16-38/h1-33H. The molecule has 0 spiro atoms. The Bertz CT molecular complexity index is 3680. The van der Waals surface area contributed by atoms with Crippen molar-refractivity contribution in [1.82, 2.24) is 23.7 Å². The Kier molecular flexibility index (Phi) is 7.28. The van der Waals surface area contributed by atoms with Crippen LogP contribution in [0.2, 0.25) is 0 Å². The van der Waals surface area contributed by atoms with Crippen molar-refractivity contribution >= 4 is 65.4 Å². The van der Waals surface area contributed by atoms with Gasteiger partial charge >= 0.3 is 0 Å². The smallest absolute Gasteiger partial charge is 0.264 e. The van der Waals surface area contributed by atoms with Gasteiger partial charge in [0.25, 0.3) is 5.56 Å². The van der Waals surface area contributed by atoms with Gasteiger partial charge in [-0.05, 0) is 94.4 Å². The van der Waals surface area contributed by atoms with Gasteiger partial charge in [0, 0.05) is 44.2 Å². The highest BCUT2D eigenvalue weighted by atomic mass is 16.1. The number of aromatic nitrogens is 5. The molecule has 8 aromatic carbocycles. The Balaban J connectivity index is 1.04. The van der Waals surface area contributed by atoms with E-state index in [0.29, 0.717) is 17.0 Å². The summed E-state index contributed by atoms with van der Waals surface area (Å²) >= 11 is 0. The molecule has 4 heterocycles. The number of fused-ring (bicyclic) bond motifs is 9. The van der Waals surface area contributed by atoms with Crippen LogP contribution in [0, 0.1) is 0 Å². The normalized spacial score (nSPS) is 11.8. The van der Waals surface area contributed by atoms with Gasteiger partial charge in [-0.1, -0.05) is 127 Å². The summed E-state index contributed by atoms with van der Waals surface area (Å²) in [5.41, 5.74) is 11.1. The maximum Gasteiger partial charge on any atom is 0.264 e. The van der Waals surface area contributed by atoms with Crippen molar-refractivity contribution in [3.63, 3.8) is 0 Å². The maximum absolute atomic E-state index is 14.4. The van der Waals surface area contributed by atoms with Gasteiger partial charge in [0.05, 0.1) is 27.8 Å². The van der Waals surface area contributed by atoms with Crippen molar-refractivity contribution in [3.05, 3.63) is 211 Å². The summed E-state index contributed by atoms with van der Waals surface area (Å²) in [6, 6.07) is 67.1. The Labute approximate surface area is 338 Å². The lowest BCUT2D eigenvalue weighted by atomic mass is 10.0. The van der Waals surface area contributed by atoms with E-state index in [0.717, 1.165) is 66.2 Å². The van der Waals surface area contributed by atoms with Crippen molar-refractivity contribution in [2.45, 2.75) is 0 Å². The van der Waals surface area contributed by atoms with Gasteiger partial charge in [-0.25, -0.2) is 4.98 Å². The molecule has 12 aromatic rings. The van der Waals surface area contributed by atoms with Gasteiger partial charge in [-0.3, -0.25) is 13.9 Å². The van der Waals surface area contributed by atoms with Crippen LogP contribution < -0.4 is 5.56 Å². The Morgan fingerprint density at radius 1 is 0.339 bits per heavy atom. The zero-order valence-electron chi connectivity index (χ0n) is 31.7. The molecular formula is C53H33N5O. The molecule has 0 saturated heterocycles. The summed E-state index contributed by atoms with van der Waals surface area (Å²) in [5.74, 6) is 0.496. The average Bonchev–Trinajstić information content (AvgIpc) is 3.82. The van der Waals surface area contributed by atoms with E-state index in [1.807, 2.05) is 66.9 Å². The van der Waals surface area contributed by atoms with Crippen LogP contribution in [0.3, 0.4) is 0 Å². The van der Waals surface area contributed by atoms with Gasteiger partial charge in [0.2, 0.25) is 5.95 Å². The topological polar surface area (TPSA) is 57.6 Å². The molecule has 0 fully saturated rings. The van der Waals surface area contributed by atoms with Gasteiger partial charge in [-0.2, -0.15) is 4.98 Å². The molecule has 0 amide bonds. The first-order valence-electron chi connectivity index (χ1n) is 19.8. The van der Waals surface area contributed by atoms with Crippen LogP contribution in [-0.2, 0) is 0 Å². The fourth-order valence-electron chi connectivity index (χ4n) is 9.00. The van der Waals surface area contributed by atoms with E-state index in [1.54, 1.807) is 4.57 Å². The molecule has 0 N–H and O–H groups in total. The van der Waals surface area contributed by atoms with Gasteiger partial charge in [0.1, 0.15) is 0 Å². The molecule has 0 bridgehead atoms. The maximum atomic E-state index is 14.4. The van der Waals surface area contributed by atoms with E-state index in [1.165, 1.54) is 21.8 Å². The minimum absolute atomic E-state index is 0.124. The van der Waals surface area contributed by atoms with E-state index >= 15 is 0 Å². The summed E-state index contributed by atoms with van der Waals surface area (Å²) < 4.78 is 6.19. The minimum atomic E-state index is -0.124. The third kappa shape index (κ3) is 5.10. The lowest BCUT2D eigenvalue weighted by Gasteiger charge is -2.14. The molecule has 0 aliphatic rings. The van der Waals surface area contributed by atoms with E-state index in [2.05, 4.69) is 143 Å². The van der Waals surface area contributed by atoms with E-state index in [9.17, 15) is 4.79 Å². The number of para-hydroxylation sites is 3. The lowest BCUT2D eigenvalue weighted by molar-refractivity contribution is 0.965. The first-order valence-corrected chi connectivity index (χ1v) is 19.8. The second kappa shape index (κ2) is 13.0. The van der Waals surface area contributed by atoms with Crippen molar-refractivity contribution in [2.75, 3.05) is 0 Å². The zero-order chi connectivity index (χ0) is 39.0. The van der Waals surface area contributed by atoms with Crippen LogP contribution >= 0.6 is 0 Å². The van der Waals surface area contributed by atoms with Crippen molar-refractivity contribution < 1.29 is 0 Å². The predicted octanol–water partition coefficient (Wildman–Crippen LogP) is 12.5. The first kappa shape index (κ1) is 33.1. The molecule has 0 unspecified atom stereocenters. The Morgan fingerprint density at radius 2 is 0.814 bits per heavy atom. The number of rotatable bonds is 5. The first-order chi connectivity index (χ1) is 29.2. The van der Waals surface area contributed by atoms with Crippen molar-refractivity contribution in [2.24, 2.45) is 0 Å². The van der Waals surface area contributed by atoms with Crippen LogP contribution in [0.1, 0.15) is 0 Å². The largest absolute Gasteiger partial charge is 0.309 e. The van der Waals surface area contributed by atoms with Crippen molar-refractivity contribution in [3.8, 4) is 39.6 Å². The number of nitrogens with zero attached hydrogens (tertiary/aromatic N) is 5. The predicted molar refractivity (Wildman–Crippen MR) is 242 cm³/mol. The molecule has 0 radical (unpaired) electrons. The molecule has 59 heavy (non-hydrogen) atoms. The fourth-order valence-corrected chi connectivity index (χ4v) is 9.00. The summed E-state index contributed by atoms with van der Waals surface area (Å²) in [4.78, 5) is 24.7. The number of hydrogen-bond donors (Lipinski definition) is 0. The average molecular weight is 756 g/mol. The summed E-state index contributed by atoms with van der Waals surface area (Å²) in [6.07, 6.45) is 1.87. The Hall–Kier alpha value is -8.09. The molecular weight excluding hydrogens is 723 g/mol. The van der Waals surface area contributed by atoms with Gasteiger partial charge in [-0.15, -0.1) is 0 Å². The number of hydrogen-bond acceptors (Lipinski definition) is 3. The summed E-state index contributed by atoms with van der Waals surface area (Å²) in [6.45, 7) is 0. The van der Waals surface area contributed by atoms with Crippen LogP contribution in [0.4, 0.5) is 0 Å². The molecule has 6 nitrogen and oxygen atoms in total. The van der Waals surface area contributed by atoms with E-state index < -0.39 is 0 Å². The van der Waals surface area contributed by atoms with E-state index in [-0.39, 0.29) is 5.56 Å². The number of pyridine rings is 1. The van der Waals surface area contributed by atoms with E-state index in [4.69, 9.17) is 9.97 Å². The lowest BCUT2D eigenvalue weighted by Crippen LogP contribution is -2.20. The molecule has 0 aliphatic heterocycles. The molecule has 0 aliphatic carbocycles. The third-order valence-corrected chi connectivity index (χ3v) is 11.7. The monoisotopic (exact) mass is 755 g/mol.